The van der Waals surface area contributed by atoms with E-state index in [4.69, 9.17) is 4.52 Å². The average molecular weight is 354 g/mol. The lowest BCUT2D eigenvalue weighted by Crippen LogP contribution is -2.19. The van der Waals surface area contributed by atoms with Gasteiger partial charge >= 0.3 is 6.03 Å². The molecule has 2 N–H and O–H groups in total. The molecule has 0 spiro atoms. The molecule has 1 aliphatic rings. The van der Waals surface area contributed by atoms with Crippen LogP contribution in [0.4, 0.5) is 16.2 Å². The lowest BCUT2D eigenvalue weighted by atomic mass is 10.1. The summed E-state index contributed by atoms with van der Waals surface area (Å²) in [6.45, 7) is 4.06. The predicted octanol–water partition coefficient (Wildman–Crippen LogP) is 4.94. The Morgan fingerprint density at radius 2 is 2.04 bits per heavy atom. The number of benzene rings is 1. The number of hydrogen-bond donors (Lipinski definition) is 2. The van der Waals surface area contributed by atoms with Gasteiger partial charge in [-0.2, -0.15) is 4.98 Å². The van der Waals surface area contributed by atoms with Gasteiger partial charge in [-0.3, -0.25) is 0 Å². The van der Waals surface area contributed by atoms with E-state index in [2.05, 4.69) is 20.8 Å². The summed E-state index contributed by atoms with van der Waals surface area (Å²) in [7, 11) is 0. The van der Waals surface area contributed by atoms with Crippen LogP contribution in [0.5, 0.6) is 0 Å². The standard InChI is InChI=1S/C18H18N4O2S/c1-10-3-6-13(9-11(10)2)19-18(23)20-14-7-8-25-15(14)17-21-16(22-24-17)12-4-5-12/h3,6-9,12H,4-5H2,1-2H3,(H2,19,20,23). The Balaban J connectivity index is 1.48. The number of nitrogens with zero attached hydrogens (tertiary/aromatic N) is 2. The third-order valence-electron chi connectivity index (χ3n) is 4.26. The monoisotopic (exact) mass is 354 g/mol. The number of carbonyl (C=O) groups is 1. The Labute approximate surface area is 149 Å². The smallest absolute Gasteiger partial charge is 0.323 e. The topological polar surface area (TPSA) is 80.0 Å². The van der Waals surface area contributed by atoms with Gasteiger partial charge in [0.2, 0.25) is 0 Å². The number of urea groups is 1. The van der Waals surface area contributed by atoms with Crippen molar-refractivity contribution >= 4 is 28.7 Å². The van der Waals surface area contributed by atoms with Gasteiger partial charge in [0.25, 0.3) is 5.89 Å². The molecule has 1 fully saturated rings. The number of amides is 2. The van der Waals surface area contributed by atoms with Gasteiger partial charge in [0.15, 0.2) is 5.82 Å². The largest absolute Gasteiger partial charge is 0.333 e. The summed E-state index contributed by atoms with van der Waals surface area (Å²) in [5.74, 6) is 1.65. The highest BCUT2D eigenvalue weighted by molar-refractivity contribution is 7.14. The molecule has 25 heavy (non-hydrogen) atoms. The highest BCUT2D eigenvalue weighted by Crippen LogP contribution is 2.40. The van der Waals surface area contributed by atoms with Crippen LogP contribution in [0, 0.1) is 13.8 Å². The fraction of sp³-hybridized carbons (Fsp3) is 0.278. The molecule has 0 saturated heterocycles. The first-order valence-corrected chi connectivity index (χ1v) is 9.05. The molecular formula is C18H18N4O2S. The Kier molecular flexibility index (Phi) is 4.01. The first kappa shape index (κ1) is 15.8. The maximum absolute atomic E-state index is 12.3. The average Bonchev–Trinajstić information content (AvgIpc) is 3.13. The van der Waals surface area contributed by atoms with Crippen LogP contribution in [0.2, 0.25) is 0 Å². The third kappa shape index (κ3) is 3.41. The second-order valence-electron chi connectivity index (χ2n) is 6.27. The first-order valence-electron chi connectivity index (χ1n) is 8.17. The molecule has 4 rings (SSSR count). The van der Waals surface area contributed by atoms with Gasteiger partial charge < -0.3 is 15.2 Å². The molecule has 6 nitrogen and oxygen atoms in total. The third-order valence-corrected chi connectivity index (χ3v) is 5.16. The van der Waals surface area contributed by atoms with Crippen molar-refractivity contribution in [3.63, 3.8) is 0 Å². The van der Waals surface area contributed by atoms with Crippen LogP contribution in [-0.4, -0.2) is 16.2 Å². The van der Waals surface area contributed by atoms with Crippen LogP contribution in [0.3, 0.4) is 0 Å². The molecule has 2 amide bonds. The predicted molar refractivity (Wildman–Crippen MR) is 98.1 cm³/mol. The Hall–Kier alpha value is -2.67. The van der Waals surface area contributed by atoms with Gasteiger partial charge in [-0.05, 0) is 61.4 Å². The van der Waals surface area contributed by atoms with E-state index in [9.17, 15) is 4.79 Å². The van der Waals surface area contributed by atoms with Crippen molar-refractivity contribution in [1.82, 2.24) is 10.1 Å². The molecule has 128 valence electrons. The highest BCUT2D eigenvalue weighted by Gasteiger charge is 2.29. The molecule has 0 unspecified atom stereocenters. The Bertz CT molecular complexity index is 927. The summed E-state index contributed by atoms with van der Waals surface area (Å²) in [6, 6.07) is 7.35. The summed E-state index contributed by atoms with van der Waals surface area (Å²) in [5, 5.41) is 11.6. The van der Waals surface area contributed by atoms with Crippen molar-refractivity contribution in [2.45, 2.75) is 32.6 Å². The van der Waals surface area contributed by atoms with Gasteiger partial charge in [-0.25, -0.2) is 4.79 Å². The van der Waals surface area contributed by atoms with E-state index >= 15 is 0 Å². The van der Waals surface area contributed by atoms with E-state index in [1.807, 2.05) is 43.5 Å². The van der Waals surface area contributed by atoms with Crippen molar-refractivity contribution < 1.29 is 9.32 Å². The molecule has 1 aliphatic carbocycles. The number of rotatable bonds is 4. The van der Waals surface area contributed by atoms with Crippen molar-refractivity contribution in [3.8, 4) is 10.8 Å². The number of hydrogen-bond acceptors (Lipinski definition) is 5. The zero-order valence-corrected chi connectivity index (χ0v) is 14.8. The minimum Gasteiger partial charge on any atom is -0.333 e. The molecule has 0 aliphatic heterocycles. The molecule has 2 aromatic heterocycles. The molecule has 0 bridgehead atoms. The van der Waals surface area contributed by atoms with Gasteiger partial charge in [0, 0.05) is 11.6 Å². The Morgan fingerprint density at radius 1 is 1.20 bits per heavy atom. The maximum Gasteiger partial charge on any atom is 0.323 e. The van der Waals surface area contributed by atoms with Crippen molar-refractivity contribution in [1.29, 1.82) is 0 Å². The van der Waals surface area contributed by atoms with Gasteiger partial charge in [-0.15, -0.1) is 11.3 Å². The molecule has 0 radical (unpaired) electrons. The van der Waals surface area contributed by atoms with Crippen LogP contribution < -0.4 is 10.6 Å². The van der Waals surface area contributed by atoms with Crippen LogP contribution in [0.25, 0.3) is 10.8 Å². The minimum absolute atomic E-state index is 0.301. The molecule has 2 heterocycles. The SMILES string of the molecule is Cc1ccc(NC(=O)Nc2ccsc2-c2nc(C3CC3)no2)cc1C. The van der Waals surface area contributed by atoms with Gasteiger partial charge in [0.05, 0.1) is 5.69 Å². The number of nitrogens with one attached hydrogen (secondary N) is 2. The lowest BCUT2D eigenvalue weighted by Gasteiger charge is -2.09. The lowest BCUT2D eigenvalue weighted by molar-refractivity contribution is 0.262. The van der Waals surface area contributed by atoms with Crippen molar-refractivity contribution in [3.05, 3.63) is 46.6 Å². The number of aromatic nitrogens is 2. The van der Waals surface area contributed by atoms with E-state index in [1.165, 1.54) is 16.9 Å². The fourth-order valence-corrected chi connectivity index (χ4v) is 3.28. The Morgan fingerprint density at radius 3 is 2.80 bits per heavy atom. The van der Waals surface area contributed by atoms with Gasteiger partial charge in [-0.1, -0.05) is 11.2 Å². The van der Waals surface area contributed by atoms with Crippen LogP contribution in [-0.2, 0) is 0 Å². The van der Waals surface area contributed by atoms with Crippen LogP contribution in [0.15, 0.2) is 34.2 Å². The van der Waals surface area contributed by atoms with E-state index in [-0.39, 0.29) is 6.03 Å². The number of aryl methyl sites for hydroxylation is 2. The minimum atomic E-state index is -0.301. The molecule has 1 aromatic carbocycles. The van der Waals surface area contributed by atoms with Crippen molar-refractivity contribution in [2.24, 2.45) is 0 Å². The molecular weight excluding hydrogens is 336 g/mol. The summed E-state index contributed by atoms with van der Waals surface area (Å²) in [6.07, 6.45) is 2.24. The van der Waals surface area contributed by atoms with E-state index in [1.54, 1.807) is 0 Å². The summed E-state index contributed by atoms with van der Waals surface area (Å²) >= 11 is 1.46. The second kappa shape index (κ2) is 6.33. The number of thiophene rings is 1. The normalized spacial score (nSPS) is 13.7. The molecule has 3 aromatic rings. The fourth-order valence-electron chi connectivity index (χ4n) is 2.51. The molecule has 0 atom stereocenters. The van der Waals surface area contributed by atoms with E-state index in [0.717, 1.165) is 34.8 Å². The summed E-state index contributed by atoms with van der Waals surface area (Å²) in [4.78, 5) is 17.5. The van der Waals surface area contributed by atoms with E-state index < -0.39 is 0 Å². The highest BCUT2D eigenvalue weighted by atomic mass is 32.1. The zero-order chi connectivity index (χ0) is 17.4. The van der Waals surface area contributed by atoms with Crippen molar-refractivity contribution in [2.75, 3.05) is 10.6 Å². The molecule has 7 heteroatoms. The van der Waals surface area contributed by atoms with Gasteiger partial charge in [0.1, 0.15) is 4.88 Å². The number of carbonyl (C=O) groups excluding carboxylic acids is 1. The summed E-state index contributed by atoms with van der Waals surface area (Å²) in [5.41, 5.74) is 3.74. The quantitative estimate of drug-likeness (QED) is 0.696. The van der Waals surface area contributed by atoms with Crippen LogP contribution in [0.1, 0.15) is 35.7 Å². The molecule has 1 saturated carbocycles. The maximum atomic E-state index is 12.3. The zero-order valence-electron chi connectivity index (χ0n) is 14.0. The van der Waals surface area contributed by atoms with Crippen LogP contribution >= 0.6 is 11.3 Å². The van der Waals surface area contributed by atoms with E-state index in [0.29, 0.717) is 17.5 Å². The number of anilines is 2. The first-order chi connectivity index (χ1) is 12.1. The summed E-state index contributed by atoms with van der Waals surface area (Å²) < 4.78 is 5.36. The second-order valence-corrected chi connectivity index (χ2v) is 7.19.